The number of nitrogens with zero attached hydrogens (tertiary/aromatic N) is 2. The predicted molar refractivity (Wildman–Crippen MR) is 207 cm³/mol. The van der Waals surface area contributed by atoms with Gasteiger partial charge in [-0.3, -0.25) is 19.3 Å². The van der Waals surface area contributed by atoms with E-state index < -0.39 is 26.8 Å². The molecule has 51 heavy (non-hydrogen) atoms. The van der Waals surface area contributed by atoms with Gasteiger partial charge in [0.1, 0.15) is 11.3 Å². The van der Waals surface area contributed by atoms with Gasteiger partial charge in [0.25, 0.3) is 5.91 Å². The largest absolute Gasteiger partial charge is 0.490 e. The molecule has 1 amide bonds. The highest BCUT2D eigenvalue weighted by Gasteiger charge is 2.50. The van der Waals surface area contributed by atoms with E-state index in [-0.39, 0.29) is 34.2 Å². The number of fused-ring (bicyclic) bond motifs is 4. The number of hydrogen-bond acceptors (Lipinski definition) is 7. The molecule has 0 radical (unpaired) electrons. The van der Waals surface area contributed by atoms with Crippen molar-refractivity contribution in [3.05, 3.63) is 70.3 Å². The summed E-state index contributed by atoms with van der Waals surface area (Å²) in [6.07, 6.45) is 10.9. The Bertz CT molecular complexity index is 1910. The highest BCUT2D eigenvalue weighted by Crippen LogP contribution is 2.50. The number of carbonyl (C=O) groups excluding carboxylic acids is 2. The average Bonchev–Trinajstić information content (AvgIpc) is 3.22. The molecule has 1 saturated carbocycles. The Morgan fingerprint density at radius 1 is 1.16 bits per heavy atom. The smallest absolute Gasteiger partial charge is 0.262 e. The number of Topliss-reactive ketones (excluding diaryl/α,β-unsaturated/α-hetero) is 1. The van der Waals surface area contributed by atoms with Gasteiger partial charge in [0, 0.05) is 60.0 Å². The van der Waals surface area contributed by atoms with Crippen LogP contribution in [0.25, 0.3) is 0 Å². The fourth-order valence-corrected chi connectivity index (χ4v) is 10.9. The van der Waals surface area contributed by atoms with Crippen LogP contribution in [0.3, 0.4) is 0 Å². The van der Waals surface area contributed by atoms with E-state index in [1.54, 1.807) is 13.2 Å². The Morgan fingerprint density at radius 3 is 2.67 bits per heavy atom. The molecule has 5 aliphatic rings. The number of anilines is 1. The number of aryl methyl sites for hydroxylation is 1. The van der Waals surface area contributed by atoms with Gasteiger partial charge in [0.2, 0.25) is 0 Å². The van der Waals surface area contributed by atoms with Crippen LogP contribution in [0.1, 0.15) is 94.1 Å². The molecule has 1 spiro atoms. The maximum Gasteiger partial charge on any atom is 0.262 e. The molecule has 2 aliphatic carbocycles. The monoisotopic (exact) mass is 733 g/mol. The van der Waals surface area contributed by atoms with Crippen LogP contribution in [0.5, 0.6) is 5.75 Å². The summed E-state index contributed by atoms with van der Waals surface area (Å²) in [5.74, 6) is 4.92. The van der Waals surface area contributed by atoms with Gasteiger partial charge in [-0.05, 0) is 124 Å². The van der Waals surface area contributed by atoms with E-state index >= 15 is 0 Å². The maximum absolute atomic E-state index is 14.0. The zero-order valence-electron chi connectivity index (χ0n) is 30.6. The van der Waals surface area contributed by atoms with Gasteiger partial charge in [-0.25, -0.2) is 4.21 Å². The molecule has 1 N–H and O–H groups in total. The molecule has 8 nitrogen and oxygen atoms in total. The number of allylic oxidation sites excluding steroid dienone is 1. The summed E-state index contributed by atoms with van der Waals surface area (Å²) in [5, 5.41) is 0.360. The second-order valence-corrected chi connectivity index (χ2v) is 19.2. The van der Waals surface area contributed by atoms with Gasteiger partial charge in [-0.15, -0.1) is 0 Å². The number of carbonyl (C=O) groups is 2. The van der Waals surface area contributed by atoms with E-state index in [4.69, 9.17) is 26.1 Å². The summed E-state index contributed by atoms with van der Waals surface area (Å²) in [5.41, 5.74) is 3.07. The van der Waals surface area contributed by atoms with Crippen LogP contribution in [0, 0.1) is 17.8 Å². The van der Waals surface area contributed by atoms with Gasteiger partial charge < -0.3 is 14.4 Å². The molecule has 1 fully saturated rings. The maximum atomic E-state index is 14.0. The Morgan fingerprint density at radius 2 is 1.96 bits per heavy atom. The minimum Gasteiger partial charge on any atom is -0.490 e. The lowest BCUT2D eigenvalue weighted by Gasteiger charge is -2.50. The number of ketones is 1. The first-order valence-corrected chi connectivity index (χ1v) is 20.6. The van der Waals surface area contributed by atoms with E-state index in [0.717, 1.165) is 67.4 Å². The van der Waals surface area contributed by atoms with Gasteiger partial charge >= 0.3 is 0 Å². The lowest BCUT2D eigenvalue weighted by Crippen LogP contribution is -2.53. The fraction of sp³-hybridized carbons (Fsp3) is 0.561. The van der Waals surface area contributed by atoms with Crippen LogP contribution >= 0.6 is 11.6 Å². The number of nitrogens with one attached hydrogen (secondary N) is 1. The highest BCUT2D eigenvalue weighted by atomic mass is 35.5. The predicted octanol–water partition coefficient (Wildman–Crippen LogP) is 7.15. The SMILES string of the molecule is C=S1(=O)NC(=O)c2ccc3c(c2)N(C[C@@H]2CC[C@H]2[C@@](CC2=NC(C)(C)C(=O)C2)(OC)/C=C/C[C@H](C)[C@H]1C)C[C@@]1(CCCc2cc(Cl)ccc21)CO3. The fourth-order valence-electron chi connectivity index (χ4n) is 9.25. The third-order valence-corrected chi connectivity index (χ3v) is 15.2. The van der Waals surface area contributed by atoms with Crippen LogP contribution in [0.2, 0.25) is 5.02 Å². The Kier molecular flexibility index (Phi) is 9.50. The van der Waals surface area contributed by atoms with E-state index in [9.17, 15) is 13.8 Å². The van der Waals surface area contributed by atoms with Crippen molar-refractivity contribution >= 4 is 50.3 Å². The average molecular weight is 734 g/mol. The van der Waals surface area contributed by atoms with Gasteiger partial charge in [0.05, 0.1) is 27.6 Å². The van der Waals surface area contributed by atoms with Crippen LogP contribution in [-0.2, 0) is 31.1 Å². The molecule has 274 valence electrons. The first-order chi connectivity index (χ1) is 24.2. The number of benzene rings is 2. The quantitative estimate of drug-likeness (QED) is 0.266. The molecule has 3 aliphatic heterocycles. The number of aliphatic imine (C=N–C) groups is 1. The molecule has 10 heteroatoms. The molecular formula is C41H52ClN3O5S. The molecular weight excluding hydrogens is 682 g/mol. The lowest BCUT2D eigenvalue weighted by molar-refractivity contribution is -0.121. The number of rotatable bonds is 3. The molecule has 7 atom stereocenters. The van der Waals surface area contributed by atoms with Gasteiger partial charge in [-0.2, -0.15) is 0 Å². The van der Waals surface area contributed by atoms with Gasteiger partial charge in [-0.1, -0.05) is 36.7 Å². The van der Waals surface area contributed by atoms with Crippen molar-refractivity contribution in [3.63, 3.8) is 0 Å². The molecule has 0 aromatic heterocycles. The van der Waals surface area contributed by atoms with Crippen molar-refractivity contribution in [3.8, 4) is 5.75 Å². The molecule has 0 saturated heterocycles. The minimum absolute atomic E-state index is 0.0316. The standard InChI is InChI=1S/C41H52ClN3O5S/c1-26-9-7-18-41(49-5,22-32-21-37(46)39(3,4)43-32)34-14-11-30(34)23-45-24-40(17-8-10-28-19-31(42)13-15-33(28)40)25-50-36-16-12-29(20-35(36)45)38(47)44-51(6,48)27(26)2/h7,12-13,15-16,18-20,26-27,30,34H,6,8-11,14,17,21-25H2,1-5H3,(H,44,47,48)/b18-7+/t26-,27+,30-,34+,40-,41+,51?/m0/s1. The van der Waals surface area contributed by atoms with E-state index in [1.807, 2.05) is 45.9 Å². The summed E-state index contributed by atoms with van der Waals surface area (Å²) < 4.78 is 30.1. The van der Waals surface area contributed by atoms with Crippen molar-refractivity contribution in [1.29, 1.82) is 0 Å². The topological polar surface area (TPSA) is 97.3 Å². The summed E-state index contributed by atoms with van der Waals surface area (Å²) >= 11 is 6.49. The zero-order valence-corrected chi connectivity index (χ0v) is 32.2. The van der Waals surface area contributed by atoms with Crippen LogP contribution in [-0.4, -0.2) is 70.7 Å². The molecule has 2 bridgehead atoms. The van der Waals surface area contributed by atoms with Crippen molar-refractivity contribution in [2.45, 2.75) is 101 Å². The zero-order chi connectivity index (χ0) is 36.3. The summed E-state index contributed by atoms with van der Waals surface area (Å²) in [4.78, 5) is 34.0. The first-order valence-electron chi connectivity index (χ1n) is 18.5. The van der Waals surface area contributed by atoms with Crippen LogP contribution < -0.4 is 14.4 Å². The van der Waals surface area contributed by atoms with Crippen LogP contribution in [0.15, 0.2) is 53.5 Å². The third kappa shape index (κ3) is 6.67. The molecule has 3 heterocycles. The summed E-state index contributed by atoms with van der Waals surface area (Å²) in [6, 6.07) is 11.8. The Hall–Kier alpha value is -3.14. The lowest BCUT2D eigenvalue weighted by atomic mass is 9.62. The normalized spacial score (nSPS) is 35.4. The third-order valence-electron chi connectivity index (χ3n) is 12.7. The second-order valence-electron chi connectivity index (χ2n) is 16.4. The highest BCUT2D eigenvalue weighted by molar-refractivity contribution is 7.99. The molecule has 2 aromatic rings. The number of halogens is 1. The number of methoxy groups -OCH3 is 1. The van der Waals surface area contributed by atoms with E-state index in [1.165, 1.54) is 11.1 Å². The van der Waals surface area contributed by atoms with Crippen LogP contribution in [0.4, 0.5) is 5.69 Å². The molecule has 7 rings (SSSR count). The van der Waals surface area contributed by atoms with Crippen molar-refractivity contribution in [1.82, 2.24) is 4.72 Å². The summed E-state index contributed by atoms with van der Waals surface area (Å²) in [6.45, 7) is 9.69. The van der Waals surface area contributed by atoms with E-state index in [2.05, 4.69) is 39.8 Å². The van der Waals surface area contributed by atoms with E-state index in [0.29, 0.717) is 31.4 Å². The Labute approximate surface area is 308 Å². The van der Waals surface area contributed by atoms with Gasteiger partial charge in [0.15, 0.2) is 5.78 Å². The molecule has 1 unspecified atom stereocenters. The van der Waals surface area contributed by atoms with Crippen molar-refractivity contribution < 1.29 is 23.3 Å². The molecule has 2 aromatic carbocycles. The number of ether oxygens (including phenoxy) is 2. The number of hydrogen-bond donors (Lipinski definition) is 1. The minimum atomic E-state index is -2.99. The van der Waals surface area contributed by atoms with Crippen molar-refractivity contribution in [2.75, 3.05) is 31.7 Å². The Balaban J connectivity index is 1.33. The summed E-state index contributed by atoms with van der Waals surface area (Å²) in [7, 11) is -1.21. The number of amides is 1. The first kappa shape index (κ1) is 36.2. The van der Waals surface area contributed by atoms with Crippen molar-refractivity contribution in [2.24, 2.45) is 22.7 Å². The second kappa shape index (κ2) is 13.4.